The van der Waals surface area contributed by atoms with Crippen molar-refractivity contribution >= 4 is 17.8 Å². The molecule has 0 heterocycles. The Hall–Kier alpha value is -2.57. The Morgan fingerprint density at radius 2 is 1.77 bits per heavy atom. The fraction of sp³-hybridized carbons (Fsp3) is 0.400. The van der Waals surface area contributed by atoms with Crippen molar-refractivity contribution in [1.82, 2.24) is 5.32 Å². The monoisotopic (exact) mass is 308 g/mol. The molecule has 0 fully saturated rings. The number of hydrogen-bond donors (Lipinski definition) is 2. The van der Waals surface area contributed by atoms with Crippen molar-refractivity contribution in [2.75, 3.05) is 19.8 Å². The topological polar surface area (TPSA) is 108 Å². The molecular weight excluding hydrogens is 288 g/mol. The van der Waals surface area contributed by atoms with Gasteiger partial charge in [0.25, 0.3) is 5.91 Å². The van der Waals surface area contributed by atoms with Crippen LogP contribution in [0.1, 0.15) is 25.3 Å². The molecule has 0 saturated heterocycles. The summed E-state index contributed by atoms with van der Waals surface area (Å²) in [6.45, 7) is 3.08. The molecule has 0 saturated carbocycles. The van der Waals surface area contributed by atoms with E-state index in [1.54, 1.807) is 12.1 Å². The highest BCUT2D eigenvalue weighted by molar-refractivity contribution is 5.85. The molecule has 0 radical (unpaired) electrons. The van der Waals surface area contributed by atoms with E-state index in [0.29, 0.717) is 11.7 Å². The number of hydrogen-bond acceptors (Lipinski definition) is 5. The number of ether oxygens (including phenoxy) is 2. The second kappa shape index (κ2) is 8.66. The molecule has 0 unspecified atom stereocenters. The standard InChI is InChI=1S/C15H20N2O5/c1-10(2)11-3-5-12(6-4-11)21-9-15(20)22-8-14(19)17-7-13(16)18/h3-6,10H,7-9H2,1-2H3,(H2,16,18)(H,17,19). The number of esters is 1. The number of primary amides is 1. The van der Waals surface area contributed by atoms with Gasteiger partial charge in [0.1, 0.15) is 5.75 Å². The molecule has 120 valence electrons. The van der Waals surface area contributed by atoms with Crippen LogP contribution in [-0.4, -0.2) is 37.5 Å². The largest absolute Gasteiger partial charge is 0.482 e. The molecule has 2 amide bonds. The minimum atomic E-state index is -0.679. The summed E-state index contributed by atoms with van der Waals surface area (Å²) in [4.78, 5) is 33.1. The Morgan fingerprint density at radius 3 is 2.32 bits per heavy atom. The van der Waals surface area contributed by atoms with Crippen LogP contribution in [0.15, 0.2) is 24.3 Å². The first-order chi connectivity index (χ1) is 10.4. The second-order valence-corrected chi connectivity index (χ2v) is 4.92. The Kier molecular flexibility index (Phi) is 6.88. The Bertz CT molecular complexity index is 525. The summed E-state index contributed by atoms with van der Waals surface area (Å²) >= 11 is 0. The molecule has 3 N–H and O–H groups in total. The van der Waals surface area contributed by atoms with Crippen molar-refractivity contribution in [3.63, 3.8) is 0 Å². The maximum atomic E-state index is 11.4. The molecule has 0 aliphatic heterocycles. The van der Waals surface area contributed by atoms with Crippen LogP contribution in [0.3, 0.4) is 0 Å². The van der Waals surface area contributed by atoms with Gasteiger partial charge in [-0.3, -0.25) is 9.59 Å². The number of nitrogens with one attached hydrogen (secondary N) is 1. The van der Waals surface area contributed by atoms with Gasteiger partial charge < -0.3 is 20.5 Å². The lowest BCUT2D eigenvalue weighted by atomic mass is 10.0. The van der Waals surface area contributed by atoms with Crippen LogP contribution in [-0.2, 0) is 19.1 Å². The summed E-state index contributed by atoms with van der Waals surface area (Å²) in [7, 11) is 0. The lowest BCUT2D eigenvalue weighted by Crippen LogP contribution is -2.36. The molecular formula is C15H20N2O5. The third kappa shape index (κ3) is 6.74. The number of benzene rings is 1. The Balaban J connectivity index is 2.28. The van der Waals surface area contributed by atoms with E-state index >= 15 is 0 Å². The number of rotatable bonds is 8. The molecule has 0 bridgehead atoms. The molecule has 0 aliphatic carbocycles. The van der Waals surface area contributed by atoms with Crippen LogP contribution in [0, 0.1) is 0 Å². The van der Waals surface area contributed by atoms with E-state index in [2.05, 4.69) is 19.2 Å². The number of amides is 2. The third-order valence-electron chi connectivity index (χ3n) is 2.73. The van der Waals surface area contributed by atoms with Gasteiger partial charge in [-0.2, -0.15) is 0 Å². The average molecular weight is 308 g/mol. The van der Waals surface area contributed by atoms with Crippen LogP contribution in [0.2, 0.25) is 0 Å². The Labute approximate surface area is 128 Å². The van der Waals surface area contributed by atoms with E-state index < -0.39 is 24.4 Å². The summed E-state index contributed by atoms with van der Waals surface area (Å²) in [6, 6.07) is 7.37. The summed E-state index contributed by atoms with van der Waals surface area (Å²) in [6.07, 6.45) is 0. The van der Waals surface area contributed by atoms with Crippen LogP contribution in [0.5, 0.6) is 5.75 Å². The van der Waals surface area contributed by atoms with Crippen LogP contribution in [0.4, 0.5) is 0 Å². The van der Waals surface area contributed by atoms with Crippen molar-refractivity contribution < 1.29 is 23.9 Å². The maximum Gasteiger partial charge on any atom is 0.344 e. The van der Waals surface area contributed by atoms with E-state index in [4.69, 9.17) is 15.2 Å². The van der Waals surface area contributed by atoms with Crippen molar-refractivity contribution in [3.05, 3.63) is 29.8 Å². The summed E-state index contributed by atoms with van der Waals surface area (Å²) in [5, 5.41) is 2.20. The van der Waals surface area contributed by atoms with Gasteiger partial charge in [0.05, 0.1) is 6.54 Å². The molecule has 22 heavy (non-hydrogen) atoms. The van der Waals surface area contributed by atoms with E-state index in [9.17, 15) is 14.4 Å². The minimum absolute atomic E-state index is 0.297. The van der Waals surface area contributed by atoms with E-state index in [-0.39, 0.29) is 13.2 Å². The highest BCUT2D eigenvalue weighted by Gasteiger charge is 2.09. The molecule has 0 spiro atoms. The quantitative estimate of drug-likeness (QED) is 0.673. The maximum absolute atomic E-state index is 11.4. The van der Waals surface area contributed by atoms with Crippen molar-refractivity contribution in [2.24, 2.45) is 5.73 Å². The first-order valence-corrected chi connectivity index (χ1v) is 6.82. The van der Waals surface area contributed by atoms with Crippen molar-refractivity contribution in [2.45, 2.75) is 19.8 Å². The zero-order valence-electron chi connectivity index (χ0n) is 12.6. The highest BCUT2D eigenvalue weighted by atomic mass is 16.6. The van der Waals surface area contributed by atoms with Gasteiger partial charge in [-0.1, -0.05) is 26.0 Å². The minimum Gasteiger partial charge on any atom is -0.482 e. The van der Waals surface area contributed by atoms with Gasteiger partial charge >= 0.3 is 5.97 Å². The normalized spacial score (nSPS) is 10.1. The molecule has 0 atom stereocenters. The molecule has 7 heteroatoms. The smallest absolute Gasteiger partial charge is 0.344 e. The predicted molar refractivity (Wildman–Crippen MR) is 79.2 cm³/mol. The molecule has 7 nitrogen and oxygen atoms in total. The zero-order valence-corrected chi connectivity index (χ0v) is 12.6. The SMILES string of the molecule is CC(C)c1ccc(OCC(=O)OCC(=O)NCC(N)=O)cc1. The van der Waals surface area contributed by atoms with Gasteiger partial charge in [0.15, 0.2) is 13.2 Å². The lowest BCUT2D eigenvalue weighted by Gasteiger charge is -2.09. The second-order valence-electron chi connectivity index (χ2n) is 4.92. The molecule has 0 aromatic heterocycles. The lowest BCUT2D eigenvalue weighted by molar-refractivity contribution is -0.150. The zero-order chi connectivity index (χ0) is 16.5. The fourth-order valence-electron chi connectivity index (χ4n) is 1.52. The first-order valence-electron chi connectivity index (χ1n) is 6.82. The summed E-state index contributed by atoms with van der Waals surface area (Å²) in [5.41, 5.74) is 6.02. The molecule has 1 aromatic carbocycles. The number of nitrogens with two attached hydrogens (primary N) is 1. The molecule has 1 rings (SSSR count). The fourth-order valence-corrected chi connectivity index (χ4v) is 1.52. The number of carbonyl (C=O) groups excluding carboxylic acids is 3. The van der Waals surface area contributed by atoms with Crippen LogP contribution >= 0.6 is 0 Å². The predicted octanol–water partition coefficient (Wildman–Crippen LogP) is 0.334. The van der Waals surface area contributed by atoms with Gasteiger partial charge in [0.2, 0.25) is 5.91 Å². The first kappa shape index (κ1) is 17.5. The van der Waals surface area contributed by atoms with Gasteiger partial charge in [-0.25, -0.2) is 4.79 Å². The van der Waals surface area contributed by atoms with Gasteiger partial charge in [-0.15, -0.1) is 0 Å². The summed E-state index contributed by atoms with van der Waals surface area (Å²) in [5.74, 6) is -0.999. The van der Waals surface area contributed by atoms with Gasteiger partial charge in [0, 0.05) is 0 Å². The summed E-state index contributed by atoms with van der Waals surface area (Å²) < 4.78 is 9.94. The third-order valence-corrected chi connectivity index (χ3v) is 2.73. The molecule has 0 aliphatic rings. The van der Waals surface area contributed by atoms with Crippen LogP contribution in [0.25, 0.3) is 0 Å². The highest BCUT2D eigenvalue weighted by Crippen LogP contribution is 2.18. The van der Waals surface area contributed by atoms with E-state index in [0.717, 1.165) is 0 Å². The van der Waals surface area contributed by atoms with E-state index in [1.807, 2.05) is 12.1 Å². The Morgan fingerprint density at radius 1 is 1.14 bits per heavy atom. The molecule has 1 aromatic rings. The van der Waals surface area contributed by atoms with Crippen molar-refractivity contribution in [1.29, 1.82) is 0 Å². The van der Waals surface area contributed by atoms with Crippen molar-refractivity contribution in [3.8, 4) is 5.75 Å². The number of carbonyl (C=O) groups is 3. The van der Waals surface area contributed by atoms with E-state index in [1.165, 1.54) is 5.56 Å². The van der Waals surface area contributed by atoms with Gasteiger partial charge in [-0.05, 0) is 23.6 Å². The average Bonchev–Trinajstić information content (AvgIpc) is 2.49. The van der Waals surface area contributed by atoms with Crippen LogP contribution < -0.4 is 15.8 Å².